The summed E-state index contributed by atoms with van der Waals surface area (Å²) in [7, 11) is 0. The largest absolute Gasteiger partial charge is 0.383 e. The van der Waals surface area contributed by atoms with Crippen molar-refractivity contribution in [3.8, 4) is 0 Å². The number of esters is 2. The van der Waals surface area contributed by atoms with E-state index in [2.05, 4.69) is 14.7 Å². The predicted molar refractivity (Wildman–Crippen MR) is 31.8 cm³/mol. The highest BCUT2D eigenvalue weighted by Gasteiger charge is 2.32. The van der Waals surface area contributed by atoms with Crippen molar-refractivity contribution < 1.29 is 14.3 Å². The molecule has 0 spiro atoms. The van der Waals surface area contributed by atoms with Crippen molar-refractivity contribution >= 4 is 11.9 Å². The molecule has 5 heteroatoms. The summed E-state index contributed by atoms with van der Waals surface area (Å²) >= 11 is 0. The maximum absolute atomic E-state index is 10.7. The number of fused-ring (bicyclic) bond motifs is 1. The Kier molecular flexibility index (Phi) is 1.00. The van der Waals surface area contributed by atoms with Crippen LogP contribution in [-0.4, -0.2) is 21.9 Å². The molecule has 0 unspecified atom stereocenters. The zero-order chi connectivity index (χ0) is 7.84. The molecule has 54 valence electrons. The van der Waals surface area contributed by atoms with Gasteiger partial charge in [-0.15, -0.1) is 0 Å². The van der Waals surface area contributed by atoms with Gasteiger partial charge in [-0.2, -0.15) is 0 Å². The first-order valence-corrected chi connectivity index (χ1v) is 2.86. The van der Waals surface area contributed by atoms with E-state index < -0.39 is 11.9 Å². The minimum atomic E-state index is -0.724. The van der Waals surface area contributed by atoms with Crippen molar-refractivity contribution in [3.63, 3.8) is 0 Å². The number of ether oxygens (including phenoxy) is 1. The van der Waals surface area contributed by atoms with Gasteiger partial charge in [0.15, 0.2) is 11.4 Å². The highest BCUT2D eigenvalue weighted by atomic mass is 16.6. The summed E-state index contributed by atoms with van der Waals surface area (Å²) in [6, 6.07) is 0. The lowest BCUT2D eigenvalue weighted by atomic mass is 10.3. The van der Waals surface area contributed by atoms with Crippen LogP contribution in [0.5, 0.6) is 0 Å². The van der Waals surface area contributed by atoms with Crippen molar-refractivity contribution in [1.82, 2.24) is 9.97 Å². The Hall–Kier alpha value is -1.78. The van der Waals surface area contributed by atoms with Gasteiger partial charge in [0.2, 0.25) is 0 Å². The average molecular weight is 150 g/mol. The monoisotopic (exact) mass is 150 g/mol. The minimum Gasteiger partial charge on any atom is -0.383 e. The van der Waals surface area contributed by atoms with E-state index >= 15 is 0 Å². The molecule has 5 nitrogen and oxygen atoms in total. The Bertz CT molecular complexity index is 314. The fourth-order valence-corrected chi connectivity index (χ4v) is 0.818. The van der Waals surface area contributed by atoms with E-state index in [4.69, 9.17) is 0 Å². The summed E-state index contributed by atoms with van der Waals surface area (Å²) < 4.78 is 4.23. The van der Waals surface area contributed by atoms with Crippen LogP contribution in [0.15, 0.2) is 12.4 Å². The molecule has 2 rings (SSSR count). The Morgan fingerprint density at radius 2 is 1.45 bits per heavy atom. The van der Waals surface area contributed by atoms with E-state index in [9.17, 15) is 9.59 Å². The number of hydrogen-bond donors (Lipinski definition) is 0. The van der Waals surface area contributed by atoms with Crippen LogP contribution in [0, 0.1) is 0 Å². The van der Waals surface area contributed by atoms with Crippen LogP contribution < -0.4 is 0 Å². The van der Waals surface area contributed by atoms with Crippen LogP contribution in [0.3, 0.4) is 0 Å². The second-order valence-corrected chi connectivity index (χ2v) is 1.93. The van der Waals surface area contributed by atoms with E-state index in [0.29, 0.717) is 0 Å². The van der Waals surface area contributed by atoms with E-state index in [1.54, 1.807) is 0 Å². The third-order valence-electron chi connectivity index (χ3n) is 1.27. The highest BCUT2D eigenvalue weighted by Crippen LogP contribution is 2.13. The van der Waals surface area contributed by atoms with Gasteiger partial charge in [0.05, 0.1) is 0 Å². The summed E-state index contributed by atoms with van der Waals surface area (Å²) in [5.74, 6) is -1.45. The molecule has 0 bridgehead atoms. The fraction of sp³-hybridized carbons (Fsp3) is 0. The van der Waals surface area contributed by atoms with Gasteiger partial charge < -0.3 is 4.74 Å². The molecule has 1 aliphatic rings. The van der Waals surface area contributed by atoms with Gasteiger partial charge in [0.1, 0.15) is 0 Å². The van der Waals surface area contributed by atoms with Gasteiger partial charge in [-0.25, -0.2) is 19.6 Å². The number of rotatable bonds is 0. The minimum absolute atomic E-state index is 0.00231. The van der Waals surface area contributed by atoms with Crippen molar-refractivity contribution in [3.05, 3.63) is 23.8 Å². The summed E-state index contributed by atoms with van der Waals surface area (Å²) in [5.41, 5.74) is -0.00463. The topological polar surface area (TPSA) is 69.2 Å². The normalized spacial score (nSPS) is 14.5. The molecule has 0 N–H and O–H groups in total. The fourth-order valence-electron chi connectivity index (χ4n) is 0.818. The molecule has 1 aliphatic heterocycles. The number of carbonyl (C=O) groups excluding carboxylic acids is 2. The number of hydrogen-bond acceptors (Lipinski definition) is 5. The van der Waals surface area contributed by atoms with E-state index in [-0.39, 0.29) is 11.4 Å². The first-order chi connectivity index (χ1) is 5.29. The summed E-state index contributed by atoms with van der Waals surface area (Å²) in [4.78, 5) is 28.7. The summed E-state index contributed by atoms with van der Waals surface area (Å²) in [6.07, 6.45) is 2.66. The molecule has 0 atom stereocenters. The third-order valence-corrected chi connectivity index (χ3v) is 1.27. The van der Waals surface area contributed by atoms with Crippen LogP contribution in [0.2, 0.25) is 0 Å². The van der Waals surface area contributed by atoms with Gasteiger partial charge >= 0.3 is 11.9 Å². The molecule has 0 amide bonds. The standard InChI is InChI=1S/C6H2N2O3/c9-5-3-4(6(10)11-5)8-2-1-7-3/h1-2H. The molecule has 0 fully saturated rings. The molecule has 0 saturated carbocycles. The Morgan fingerprint density at radius 1 is 1.00 bits per heavy atom. The lowest BCUT2D eigenvalue weighted by Gasteiger charge is -1.84. The average Bonchev–Trinajstić information content (AvgIpc) is 2.30. The zero-order valence-electron chi connectivity index (χ0n) is 5.27. The summed E-state index contributed by atoms with van der Waals surface area (Å²) in [5, 5.41) is 0. The second-order valence-electron chi connectivity index (χ2n) is 1.93. The molecule has 1 aromatic rings. The van der Waals surface area contributed by atoms with Crippen molar-refractivity contribution in [1.29, 1.82) is 0 Å². The predicted octanol–water partition coefficient (Wildman–Crippen LogP) is -0.213. The molecule has 0 aromatic carbocycles. The van der Waals surface area contributed by atoms with Crippen LogP contribution in [-0.2, 0) is 4.74 Å². The smallest absolute Gasteiger partial charge is 0.367 e. The first kappa shape index (κ1) is 5.96. The Labute approximate surface area is 61.0 Å². The SMILES string of the molecule is O=C1OC(=O)c2nccnc21. The van der Waals surface area contributed by atoms with Gasteiger partial charge in [-0.05, 0) is 0 Å². The van der Waals surface area contributed by atoms with Crippen LogP contribution >= 0.6 is 0 Å². The Balaban J connectivity index is 2.69. The number of cyclic esters (lactones) is 2. The maximum Gasteiger partial charge on any atom is 0.367 e. The van der Waals surface area contributed by atoms with Gasteiger partial charge in [-0.3, -0.25) is 0 Å². The highest BCUT2D eigenvalue weighted by molar-refractivity contribution is 6.12. The molecule has 0 aliphatic carbocycles. The van der Waals surface area contributed by atoms with Crippen LogP contribution in [0.4, 0.5) is 0 Å². The van der Waals surface area contributed by atoms with E-state index in [1.165, 1.54) is 12.4 Å². The van der Waals surface area contributed by atoms with Gasteiger partial charge in [0.25, 0.3) is 0 Å². The number of carbonyl (C=O) groups is 2. The number of nitrogens with zero attached hydrogens (tertiary/aromatic N) is 2. The maximum atomic E-state index is 10.7. The summed E-state index contributed by atoms with van der Waals surface area (Å²) in [6.45, 7) is 0. The zero-order valence-corrected chi connectivity index (χ0v) is 5.27. The van der Waals surface area contributed by atoms with Gasteiger partial charge in [-0.1, -0.05) is 0 Å². The van der Waals surface area contributed by atoms with E-state index in [0.717, 1.165) is 0 Å². The van der Waals surface area contributed by atoms with Crippen molar-refractivity contribution in [2.24, 2.45) is 0 Å². The molecule has 2 heterocycles. The van der Waals surface area contributed by atoms with Crippen molar-refractivity contribution in [2.75, 3.05) is 0 Å². The molecule has 11 heavy (non-hydrogen) atoms. The van der Waals surface area contributed by atoms with Crippen molar-refractivity contribution in [2.45, 2.75) is 0 Å². The van der Waals surface area contributed by atoms with Crippen LogP contribution in [0.25, 0.3) is 0 Å². The first-order valence-electron chi connectivity index (χ1n) is 2.86. The lowest BCUT2D eigenvalue weighted by Crippen LogP contribution is -1.97. The number of aromatic nitrogens is 2. The van der Waals surface area contributed by atoms with E-state index in [1.807, 2.05) is 0 Å². The quantitative estimate of drug-likeness (QED) is 0.378. The lowest BCUT2D eigenvalue weighted by molar-refractivity contribution is 0.0439. The molecular formula is C6H2N2O3. The van der Waals surface area contributed by atoms with Crippen LogP contribution in [0.1, 0.15) is 21.0 Å². The third kappa shape index (κ3) is 0.706. The second kappa shape index (κ2) is 1.85. The molecule has 1 aromatic heterocycles. The molecular weight excluding hydrogens is 148 g/mol. The van der Waals surface area contributed by atoms with Gasteiger partial charge in [0, 0.05) is 12.4 Å². The Morgan fingerprint density at radius 3 is 1.91 bits per heavy atom. The molecule has 0 saturated heterocycles. The molecule has 0 radical (unpaired) electrons.